The van der Waals surface area contributed by atoms with Crippen molar-refractivity contribution in [1.82, 2.24) is 21.0 Å². The van der Waals surface area contributed by atoms with Crippen molar-refractivity contribution < 1.29 is 9.59 Å². The number of hydrazine groups is 1. The van der Waals surface area contributed by atoms with Gasteiger partial charge in [-0.15, -0.1) is 0 Å². The molecule has 3 N–H and O–H groups in total. The second-order valence-corrected chi connectivity index (χ2v) is 5.21. The van der Waals surface area contributed by atoms with E-state index < -0.39 is 5.91 Å². The molecule has 1 heterocycles. The van der Waals surface area contributed by atoms with Gasteiger partial charge in [-0.1, -0.05) is 25.1 Å². The van der Waals surface area contributed by atoms with Crippen LogP contribution in [-0.4, -0.2) is 22.0 Å². The normalized spacial score (nSPS) is 20.0. The number of hydrogen-bond acceptors (Lipinski definition) is 4. The first-order valence-corrected chi connectivity index (χ1v) is 6.65. The standard InChI is InChI=1S/C14H14N4O3/c1-7-6-10(7)13(20)17-18-14(21)11-8-4-2-3-5-9(8)12(19)16-15-11/h2-5,7,10H,6H2,1H3,(H,16,19)(H,17,20)(H,18,21). The van der Waals surface area contributed by atoms with Crippen molar-refractivity contribution in [3.63, 3.8) is 0 Å². The summed E-state index contributed by atoms with van der Waals surface area (Å²) in [6.07, 6.45) is 0.835. The van der Waals surface area contributed by atoms with E-state index in [-0.39, 0.29) is 23.1 Å². The number of rotatable bonds is 2. The summed E-state index contributed by atoms with van der Waals surface area (Å²) in [6, 6.07) is 6.66. The first-order valence-electron chi connectivity index (χ1n) is 6.65. The van der Waals surface area contributed by atoms with Gasteiger partial charge in [0.05, 0.1) is 5.39 Å². The molecule has 0 spiro atoms. The molecule has 1 aromatic carbocycles. The van der Waals surface area contributed by atoms with Crippen LogP contribution in [-0.2, 0) is 4.79 Å². The fraction of sp³-hybridized carbons (Fsp3) is 0.286. The first kappa shape index (κ1) is 13.3. The lowest BCUT2D eigenvalue weighted by Gasteiger charge is -2.07. The number of aromatic nitrogens is 2. The van der Waals surface area contributed by atoms with Crippen LogP contribution in [0.25, 0.3) is 10.8 Å². The molecule has 3 rings (SSSR count). The number of aromatic amines is 1. The Morgan fingerprint density at radius 1 is 1.24 bits per heavy atom. The van der Waals surface area contributed by atoms with Gasteiger partial charge in [0, 0.05) is 11.3 Å². The largest absolute Gasteiger partial charge is 0.290 e. The molecule has 2 aromatic rings. The van der Waals surface area contributed by atoms with Crippen LogP contribution in [0.5, 0.6) is 0 Å². The van der Waals surface area contributed by atoms with E-state index in [1.165, 1.54) is 0 Å². The van der Waals surface area contributed by atoms with E-state index in [0.29, 0.717) is 16.7 Å². The molecule has 0 radical (unpaired) electrons. The Morgan fingerprint density at radius 3 is 2.57 bits per heavy atom. The molecule has 7 nitrogen and oxygen atoms in total. The summed E-state index contributed by atoms with van der Waals surface area (Å²) in [5, 5.41) is 6.85. The average Bonchev–Trinajstić information content (AvgIpc) is 3.22. The fourth-order valence-corrected chi connectivity index (χ4v) is 2.25. The van der Waals surface area contributed by atoms with Gasteiger partial charge in [0.15, 0.2) is 5.69 Å². The Balaban J connectivity index is 1.80. The molecule has 0 saturated heterocycles. The molecule has 2 unspecified atom stereocenters. The smallest absolute Gasteiger partial charge is 0.273 e. The lowest BCUT2D eigenvalue weighted by atomic mass is 10.1. The van der Waals surface area contributed by atoms with Gasteiger partial charge in [-0.05, 0) is 18.4 Å². The Morgan fingerprint density at radius 2 is 1.90 bits per heavy atom. The highest BCUT2D eigenvalue weighted by Gasteiger charge is 2.39. The predicted molar refractivity (Wildman–Crippen MR) is 75.2 cm³/mol. The van der Waals surface area contributed by atoms with Crippen molar-refractivity contribution in [2.75, 3.05) is 0 Å². The minimum Gasteiger partial charge on any atom is -0.273 e. The van der Waals surface area contributed by atoms with Gasteiger partial charge in [-0.2, -0.15) is 5.10 Å². The Bertz CT molecular complexity index is 783. The van der Waals surface area contributed by atoms with Crippen molar-refractivity contribution >= 4 is 22.6 Å². The first-order chi connectivity index (χ1) is 10.1. The molecule has 1 aromatic heterocycles. The third-order valence-electron chi connectivity index (χ3n) is 3.66. The van der Waals surface area contributed by atoms with Gasteiger partial charge in [-0.3, -0.25) is 25.2 Å². The van der Waals surface area contributed by atoms with Gasteiger partial charge in [0.1, 0.15) is 0 Å². The van der Waals surface area contributed by atoms with Crippen LogP contribution < -0.4 is 16.4 Å². The van der Waals surface area contributed by atoms with Gasteiger partial charge >= 0.3 is 0 Å². The fourth-order valence-electron chi connectivity index (χ4n) is 2.25. The molecule has 2 atom stereocenters. The molecule has 21 heavy (non-hydrogen) atoms. The summed E-state index contributed by atoms with van der Waals surface area (Å²) < 4.78 is 0. The SMILES string of the molecule is CC1CC1C(=O)NNC(=O)c1n[nH]c(=O)c2ccccc12. The zero-order valence-electron chi connectivity index (χ0n) is 11.3. The topological polar surface area (TPSA) is 104 Å². The lowest BCUT2D eigenvalue weighted by molar-refractivity contribution is -0.123. The van der Waals surface area contributed by atoms with Crippen molar-refractivity contribution in [3.05, 3.63) is 40.3 Å². The van der Waals surface area contributed by atoms with Gasteiger partial charge in [-0.25, -0.2) is 5.10 Å². The van der Waals surface area contributed by atoms with Crippen molar-refractivity contribution in [3.8, 4) is 0 Å². The van der Waals surface area contributed by atoms with Gasteiger partial charge < -0.3 is 0 Å². The van der Waals surface area contributed by atoms with Crippen molar-refractivity contribution in [1.29, 1.82) is 0 Å². The average molecular weight is 286 g/mol. The van der Waals surface area contributed by atoms with Gasteiger partial charge in [0.25, 0.3) is 11.5 Å². The van der Waals surface area contributed by atoms with Crippen LogP contribution in [0.1, 0.15) is 23.8 Å². The van der Waals surface area contributed by atoms with Crippen LogP contribution in [0.3, 0.4) is 0 Å². The lowest BCUT2D eigenvalue weighted by Crippen LogP contribution is -2.43. The summed E-state index contributed by atoms with van der Waals surface area (Å²) >= 11 is 0. The number of hydrogen-bond donors (Lipinski definition) is 3. The van der Waals surface area contributed by atoms with Crippen LogP contribution in [0.4, 0.5) is 0 Å². The number of nitrogens with one attached hydrogen (secondary N) is 3. The second-order valence-electron chi connectivity index (χ2n) is 5.21. The number of carbonyl (C=O) groups excluding carboxylic acids is 2. The quantitative estimate of drug-likeness (QED) is 0.692. The number of H-pyrrole nitrogens is 1. The van der Waals surface area contributed by atoms with Crippen LogP contribution in [0.2, 0.25) is 0 Å². The second kappa shape index (κ2) is 5.01. The number of nitrogens with zero attached hydrogens (tertiary/aromatic N) is 1. The molecule has 1 aliphatic rings. The summed E-state index contributed by atoms with van der Waals surface area (Å²) in [6.45, 7) is 1.98. The number of fused-ring (bicyclic) bond motifs is 1. The molecule has 0 bridgehead atoms. The third kappa shape index (κ3) is 2.49. The molecular weight excluding hydrogens is 272 g/mol. The molecule has 1 fully saturated rings. The van der Waals surface area contributed by atoms with Crippen LogP contribution in [0, 0.1) is 11.8 Å². The Labute approximate surface area is 119 Å². The molecule has 2 amide bonds. The summed E-state index contributed by atoms with van der Waals surface area (Å²) in [5.74, 6) is -0.451. The van der Waals surface area contributed by atoms with Crippen LogP contribution >= 0.6 is 0 Å². The maximum Gasteiger partial charge on any atom is 0.290 e. The highest BCUT2D eigenvalue weighted by atomic mass is 16.2. The monoisotopic (exact) mass is 286 g/mol. The van der Waals surface area contributed by atoms with E-state index in [4.69, 9.17) is 0 Å². The molecule has 1 aliphatic carbocycles. The number of carbonyl (C=O) groups is 2. The number of benzene rings is 1. The zero-order valence-corrected chi connectivity index (χ0v) is 11.3. The predicted octanol–water partition coefficient (Wildman–Crippen LogP) is 0.340. The molecule has 0 aliphatic heterocycles. The maximum atomic E-state index is 12.1. The summed E-state index contributed by atoms with van der Waals surface area (Å²) in [7, 11) is 0. The summed E-state index contributed by atoms with van der Waals surface area (Å²) in [5.41, 5.74) is 4.41. The van der Waals surface area contributed by atoms with E-state index >= 15 is 0 Å². The van der Waals surface area contributed by atoms with E-state index in [2.05, 4.69) is 21.0 Å². The van der Waals surface area contributed by atoms with Crippen molar-refractivity contribution in [2.45, 2.75) is 13.3 Å². The molecule has 108 valence electrons. The number of amides is 2. The molecule has 7 heteroatoms. The Kier molecular flexibility index (Phi) is 3.17. The summed E-state index contributed by atoms with van der Waals surface area (Å²) in [4.78, 5) is 35.4. The minimum absolute atomic E-state index is 0.0365. The van der Waals surface area contributed by atoms with E-state index in [1.54, 1.807) is 24.3 Å². The highest BCUT2D eigenvalue weighted by Crippen LogP contribution is 2.37. The Hall–Kier alpha value is -2.70. The molecular formula is C14H14N4O3. The van der Waals surface area contributed by atoms with E-state index in [9.17, 15) is 14.4 Å². The molecule has 1 saturated carbocycles. The van der Waals surface area contributed by atoms with Crippen LogP contribution in [0.15, 0.2) is 29.1 Å². The van der Waals surface area contributed by atoms with E-state index in [1.807, 2.05) is 6.92 Å². The third-order valence-corrected chi connectivity index (χ3v) is 3.66. The maximum absolute atomic E-state index is 12.1. The van der Waals surface area contributed by atoms with Gasteiger partial charge in [0.2, 0.25) is 5.91 Å². The minimum atomic E-state index is -0.566. The highest BCUT2D eigenvalue weighted by molar-refractivity contribution is 6.05. The van der Waals surface area contributed by atoms with E-state index in [0.717, 1.165) is 6.42 Å². The zero-order chi connectivity index (χ0) is 15.0. The van der Waals surface area contributed by atoms with Crippen molar-refractivity contribution in [2.24, 2.45) is 11.8 Å².